The number of H-pyrrole nitrogens is 1. The van der Waals surface area contributed by atoms with Crippen molar-refractivity contribution in [3.05, 3.63) is 64.0 Å². The first-order chi connectivity index (χ1) is 9.15. The molecular weight excluding hydrogens is 308 g/mol. The van der Waals surface area contributed by atoms with E-state index in [2.05, 4.69) is 20.9 Å². The molecule has 2 aromatic rings. The first-order valence-electron chi connectivity index (χ1n) is 5.93. The number of rotatable bonds is 2. The van der Waals surface area contributed by atoms with Gasteiger partial charge in [-0.05, 0) is 35.6 Å². The molecule has 0 bridgehead atoms. The van der Waals surface area contributed by atoms with Crippen LogP contribution in [-0.2, 0) is 0 Å². The van der Waals surface area contributed by atoms with Gasteiger partial charge in [0.25, 0.3) is 5.70 Å². The van der Waals surface area contributed by atoms with Crippen LogP contribution in [0.5, 0.6) is 0 Å². The highest BCUT2D eigenvalue weighted by molar-refractivity contribution is 9.09. The number of aromatic amines is 1. The Balaban J connectivity index is 2.12. The summed E-state index contributed by atoms with van der Waals surface area (Å²) in [5, 5.41) is 12.2. The Labute approximate surface area is 118 Å². The summed E-state index contributed by atoms with van der Waals surface area (Å²) < 4.78 is 0. The normalized spacial score (nSPS) is 19.1. The molecule has 4 nitrogen and oxygen atoms in total. The molecule has 1 atom stereocenters. The molecule has 0 saturated heterocycles. The summed E-state index contributed by atoms with van der Waals surface area (Å²) in [7, 11) is 0. The molecule has 1 aliphatic carbocycles. The molecule has 96 valence electrons. The van der Waals surface area contributed by atoms with Gasteiger partial charge in [0.05, 0.1) is 10.5 Å². The van der Waals surface area contributed by atoms with E-state index in [0.29, 0.717) is 12.0 Å². The molecule has 1 N–H and O–H groups in total. The highest BCUT2D eigenvalue weighted by Crippen LogP contribution is 2.32. The molecule has 1 unspecified atom stereocenters. The lowest BCUT2D eigenvalue weighted by Gasteiger charge is -2.13. The van der Waals surface area contributed by atoms with Gasteiger partial charge in [0.15, 0.2) is 0 Å². The highest BCUT2D eigenvalue weighted by Gasteiger charge is 2.24. The van der Waals surface area contributed by atoms with E-state index >= 15 is 0 Å². The SMILES string of the molecule is O=[N+]([O-])C1=CCC(Br)C=C1c1ccc2cc[nH]c2c1. The fourth-order valence-electron chi connectivity index (χ4n) is 2.30. The predicted molar refractivity (Wildman–Crippen MR) is 78.7 cm³/mol. The summed E-state index contributed by atoms with van der Waals surface area (Å²) in [6, 6.07) is 7.82. The standard InChI is InChI=1S/C14H11BrN2O2/c15-11-3-4-14(17(18)19)12(8-11)10-2-1-9-5-6-16-13(9)7-10/h1-2,4-8,11,16H,3H2. The van der Waals surface area contributed by atoms with E-state index in [0.717, 1.165) is 16.5 Å². The van der Waals surface area contributed by atoms with Gasteiger partial charge in [0.2, 0.25) is 0 Å². The van der Waals surface area contributed by atoms with Crippen LogP contribution in [0.2, 0.25) is 0 Å². The first kappa shape index (κ1) is 12.2. The first-order valence-corrected chi connectivity index (χ1v) is 6.85. The minimum absolute atomic E-state index is 0.144. The van der Waals surface area contributed by atoms with Crippen LogP contribution in [-0.4, -0.2) is 14.7 Å². The molecule has 1 aliphatic rings. The predicted octanol–water partition coefficient (Wildman–Crippen LogP) is 3.88. The van der Waals surface area contributed by atoms with E-state index in [9.17, 15) is 10.1 Å². The van der Waals surface area contributed by atoms with Crippen LogP contribution in [0.1, 0.15) is 12.0 Å². The van der Waals surface area contributed by atoms with E-state index in [1.54, 1.807) is 6.08 Å². The third-order valence-corrected chi connectivity index (χ3v) is 3.86. The number of halogens is 1. The molecule has 0 amide bonds. The van der Waals surface area contributed by atoms with Crippen molar-refractivity contribution < 1.29 is 4.92 Å². The molecule has 0 radical (unpaired) electrons. The number of hydrogen-bond donors (Lipinski definition) is 1. The zero-order valence-corrected chi connectivity index (χ0v) is 11.6. The van der Waals surface area contributed by atoms with Crippen molar-refractivity contribution in [3.63, 3.8) is 0 Å². The number of benzene rings is 1. The maximum Gasteiger partial charge on any atom is 0.273 e. The summed E-state index contributed by atoms with van der Waals surface area (Å²) in [6.07, 6.45) is 6.09. The Morgan fingerprint density at radius 3 is 3.00 bits per heavy atom. The van der Waals surface area contributed by atoms with Crippen LogP contribution in [0, 0.1) is 10.1 Å². The third-order valence-electron chi connectivity index (χ3n) is 3.22. The average molecular weight is 319 g/mol. The Hall–Kier alpha value is -1.88. The van der Waals surface area contributed by atoms with Crippen LogP contribution in [0.15, 0.2) is 48.3 Å². The summed E-state index contributed by atoms with van der Waals surface area (Å²) in [6.45, 7) is 0. The maximum absolute atomic E-state index is 11.1. The van der Waals surface area contributed by atoms with Gasteiger partial charge in [-0.15, -0.1) is 0 Å². The van der Waals surface area contributed by atoms with Gasteiger partial charge < -0.3 is 4.98 Å². The molecule has 0 saturated carbocycles. The van der Waals surface area contributed by atoms with Crippen molar-refractivity contribution in [2.24, 2.45) is 0 Å². The molecule has 0 aliphatic heterocycles. The van der Waals surface area contributed by atoms with Gasteiger partial charge in [-0.1, -0.05) is 34.1 Å². The van der Waals surface area contributed by atoms with Gasteiger partial charge in [-0.25, -0.2) is 0 Å². The molecule has 0 spiro atoms. The summed E-state index contributed by atoms with van der Waals surface area (Å²) in [5.74, 6) is 0. The molecule has 5 heteroatoms. The summed E-state index contributed by atoms with van der Waals surface area (Å²) in [5.41, 5.74) is 2.70. The number of nitrogens with one attached hydrogen (secondary N) is 1. The van der Waals surface area contributed by atoms with E-state index in [4.69, 9.17) is 0 Å². The average Bonchev–Trinajstić information content (AvgIpc) is 2.85. The molecule has 1 heterocycles. The van der Waals surface area contributed by atoms with E-state index in [1.165, 1.54) is 0 Å². The lowest BCUT2D eigenvalue weighted by molar-refractivity contribution is -0.417. The van der Waals surface area contributed by atoms with Gasteiger partial charge in [0.1, 0.15) is 0 Å². The topological polar surface area (TPSA) is 58.9 Å². The number of hydrogen-bond acceptors (Lipinski definition) is 2. The monoisotopic (exact) mass is 318 g/mol. The van der Waals surface area contributed by atoms with Gasteiger partial charge in [0, 0.05) is 16.5 Å². The molecule has 1 aromatic carbocycles. The van der Waals surface area contributed by atoms with E-state index in [1.807, 2.05) is 36.5 Å². The fourth-order valence-corrected chi connectivity index (χ4v) is 2.75. The highest BCUT2D eigenvalue weighted by atomic mass is 79.9. The maximum atomic E-state index is 11.1. The second kappa shape index (κ2) is 4.66. The summed E-state index contributed by atoms with van der Waals surface area (Å²) in [4.78, 5) is 14.1. The third kappa shape index (κ3) is 2.21. The Morgan fingerprint density at radius 1 is 1.37 bits per heavy atom. The van der Waals surface area contributed by atoms with Crippen molar-refractivity contribution in [2.45, 2.75) is 11.2 Å². The zero-order chi connectivity index (χ0) is 13.4. The number of allylic oxidation sites excluding steroid dienone is 3. The Kier molecular flexibility index (Phi) is 2.98. The lowest BCUT2D eigenvalue weighted by Crippen LogP contribution is -2.09. The van der Waals surface area contributed by atoms with E-state index in [-0.39, 0.29) is 15.4 Å². The quantitative estimate of drug-likeness (QED) is 0.519. The van der Waals surface area contributed by atoms with Crippen molar-refractivity contribution >= 4 is 32.4 Å². The second-order valence-electron chi connectivity index (χ2n) is 4.46. The number of aromatic nitrogens is 1. The van der Waals surface area contributed by atoms with Crippen LogP contribution in [0.3, 0.4) is 0 Å². The molecular formula is C14H11BrN2O2. The fraction of sp³-hybridized carbons (Fsp3) is 0.143. The lowest BCUT2D eigenvalue weighted by atomic mass is 9.96. The van der Waals surface area contributed by atoms with Crippen molar-refractivity contribution in [1.29, 1.82) is 0 Å². The molecule has 0 fully saturated rings. The minimum atomic E-state index is -0.316. The van der Waals surface area contributed by atoms with Gasteiger partial charge in [-0.3, -0.25) is 10.1 Å². The molecule has 1 aromatic heterocycles. The number of fused-ring (bicyclic) bond motifs is 1. The van der Waals surface area contributed by atoms with Gasteiger partial charge in [-0.2, -0.15) is 0 Å². The van der Waals surface area contributed by atoms with Crippen molar-refractivity contribution in [1.82, 2.24) is 4.98 Å². The van der Waals surface area contributed by atoms with Crippen molar-refractivity contribution in [3.8, 4) is 0 Å². The van der Waals surface area contributed by atoms with Crippen LogP contribution in [0.4, 0.5) is 0 Å². The van der Waals surface area contributed by atoms with Crippen LogP contribution in [0.25, 0.3) is 16.5 Å². The number of nitro groups is 1. The van der Waals surface area contributed by atoms with Crippen LogP contribution < -0.4 is 0 Å². The smallest absolute Gasteiger partial charge is 0.273 e. The number of nitrogens with zero attached hydrogens (tertiary/aromatic N) is 1. The van der Waals surface area contributed by atoms with Gasteiger partial charge >= 0.3 is 0 Å². The molecule has 19 heavy (non-hydrogen) atoms. The Morgan fingerprint density at radius 2 is 2.21 bits per heavy atom. The number of alkyl halides is 1. The van der Waals surface area contributed by atoms with Crippen LogP contribution >= 0.6 is 15.9 Å². The second-order valence-corrected chi connectivity index (χ2v) is 5.63. The zero-order valence-electron chi connectivity index (χ0n) is 9.97. The minimum Gasteiger partial charge on any atom is -0.361 e. The Bertz CT molecular complexity index is 715. The largest absolute Gasteiger partial charge is 0.361 e. The molecule has 3 rings (SSSR count). The van der Waals surface area contributed by atoms with Crippen molar-refractivity contribution in [2.75, 3.05) is 0 Å². The summed E-state index contributed by atoms with van der Waals surface area (Å²) >= 11 is 3.49. The van der Waals surface area contributed by atoms with E-state index < -0.39 is 0 Å².